The predicted molar refractivity (Wildman–Crippen MR) is 106 cm³/mol. The fourth-order valence-corrected chi connectivity index (χ4v) is 3.84. The molecule has 1 aromatic heterocycles. The molecule has 1 N–H and O–H groups in total. The van der Waals surface area contributed by atoms with Gasteiger partial charge in [-0.1, -0.05) is 36.4 Å². The standard InChI is InChI=1S/C23H24N2O2/c1-26-22-14-17-13-21(19-10-6-7-11-24-19)25-20(18(17)15-23(22)27-2)12-16-8-4-3-5-9-16/h3-11,14-15,20-21,25H,12-13H2,1-2H3/t20-,21-/m0/s1. The summed E-state index contributed by atoms with van der Waals surface area (Å²) in [4.78, 5) is 4.57. The van der Waals surface area contributed by atoms with Crippen molar-refractivity contribution in [1.82, 2.24) is 10.3 Å². The maximum atomic E-state index is 5.55. The molecule has 0 fully saturated rings. The van der Waals surface area contributed by atoms with Crippen LogP contribution in [0.4, 0.5) is 0 Å². The highest BCUT2D eigenvalue weighted by Crippen LogP contribution is 2.39. The number of hydrogen-bond acceptors (Lipinski definition) is 4. The largest absolute Gasteiger partial charge is 0.493 e. The second-order valence-electron chi connectivity index (χ2n) is 6.83. The number of benzene rings is 2. The molecule has 4 heteroatoms. The van der Waals surface area contributed by atoms with Crippen LogP contribution in [0, 0.1) is 0 Å². The van der Waals surface area contributed by atoms with Gasteiger partial charge in [0.2, 0.25) is 0 Å². The summed E-state index contributed by atoms with van der Waals surface area (Å²) < 4.78 is 11.1. The van der Waals surface area contributed by atoms with Crippen LogP contribution >= 0.6 is 0 Å². The SMILES string of the molecule is COc1cc2c(cc1OC)[C@H](Cc1ccccc1)N[C@H](c1ccccn1)C2. The van der Waals surface area contributed by atoms with E-state index < -0.39 is 0 Å². The Hall–Kier alpha value is -2.85. The maximum Gasteiger partial charge on any atom is 0.161 e. The molecule has 0 radical (unpaired) electrons. The van der Waals surface area contributed by atoms with Crippen LogP contribution in [0.25, 0.3) is 0 Å². The highest BCUT2D eigenvalue weighted by atomic mass is 16.5. The van der Waals surface area contributed by atoms with E-state index in [-0.39, 0.29) is 12.1 Å². The first-order valence-electron chi connectivity index (χ1n) is 9.24. The third kappa shape index (κ3) is 3.67. The molecule has 0 saturated heterocycles. The van der Waals surface area contributed by atoms with Crippen molar-refractivity contribution < 1.29 is 9.47 Å². The molecule has 2 aromatic carbocycles. The van der Waals surface area contributed by atoms with Gasteiger partial charge in [-0.25, -0.2) is 0 Å². The average molecular weight is 360 g/mol. The first kappa shape index (κ1) is 17.6. The van der Waals surface area contributed by atoms with Gasteiger partial charge in [0.15, 0.2) is 11.5 Å². The van der Waals surface area contributed by atoms with E-state index in [0.29, 0.717) is 0 Å². The highest BCUT2D eigenvalue weighted by molar-refractivity contribution is 5.50. The molecule has 4 nitrogen and oxygen atoms in total. The molecule has 0 amide bonds. The van der Waals surface area contributed by atoms with Crippen molar-refractivity contribution in [1.29, 1.82) is 0 Å². The second-order valence-corrected chi connectivity index (χ2v) is 6.83. The lowest BCUT2D eigenvalue weighted by Crippen LogP contribution is -2.35. The molecule has 2 atom stereocenters. The lowest BCUT2D eigenvalue weighted by molar-refractivity contribution is 0.348. The van der Waals surface area contributed by atoms with E-state index >= 15 is 0 Å². The number of pyridine rings is 1. The zero-order valence-corrected chi connectivity index (χ0v) is 15.7. The van der Waals surface area contributed by atoms with Gasteiger partial charge in [0.05, 0.1) is 26.0 Å². The molecule has 1 aliphatic rings. The Kier molecular flexibility index (Phi) is 5.07. The van der Waals surface area contributed by atoms with Crippen molar-refractivity contribution >= 4 is 0 Å². The van der Waals surface area contributed by atoms with Crippen molar-refractivity contribution in [2.45, 2.75) is 24.9 Å². The minimum absolute atomic E-state index is 0.172. The van der Waals surface area contributed by atoms with Crippen LogP contribution in [-0.2, 0) is 12.8 Å². The molecule has 0 bridgehead atoms. The number of rotatable bonds is 5. The van der Waals surface area contributed by atoms with Gasteiger partial charge < -0.3 is 14.8 Å². The van der Waals surface area contributed by atoms with E-state index in [1.165, 1.54) is 16.7 Å². The fraction of sp³-hybridized carbons (Fsp3) is 0.261. The zero-order chi connectivity index (χ0) is 18.6. The summed E-state index contributed by atoms with van der Waals surface area (Å²) in [6.45, 7) is 0. The normalized spacial score (nSPS) is 18.6. The summed E-state index contributed by atoms with van der Waals surface area (Å²) in [5.74, 6) is 1.55. The van der Waals surface area contributed by atoms with Gasteiger partial charge in [0, 0.05) is 12.2 Å². The molecule has 0 spiro atoms. The van der Waals surface area contributed by atoms with Gasteiger partial charge >= 0.3 is 0 Å². The van der Waals surface area contributed by atoms with Gasteiger partial charge in [-0.15, -0.1) is 0 Å². The highest BCUT2D eigenvalue weighted by Gasteiger charge is 2.29. The molecule has 4 rings (SSSR count). The number of nitrogens with one attached hydrogen (secondary N) is 1. The molecule has 0 aliphatic carbocycles. The third-order valence-corrected chi connectivity index (χ3v) is 5.17. The number of fused-ring (bicyclic) bond motifs is 1. The van der Waals surface area contributed by atoms with E-state index in [1.807, 2.05) is 18.3 Å². The van der Waals surface area contributed by atoms with Crippen molar-refractivity contribution in [2.75, 3.05) is 14.2 Å². The van der Waals surface area contributed by atoms with Crippen molar-refractivity contribution in [2.24, 2.45) is 0 Å². The molecule has 1 aliphatic heterocycles. The van der Waals surface area contributed by atoms with Crippen LogP contribution in [0.15, 0.2) is 66.9 Å². The van der Waals surface area contributed by atoms with Gasteiger partial charge in [-0.3, -0.25) is 4.98 Å². The zero-order valence-electron chi connectivity index (χ0n) is 15.7. The Morgan fingerprint density at radius 1 is 0.963 bits per heavy atom. The van der Waals surface area contributed by atoms with Crippen LogP contribution in [0.5, 0.6) is 11.5 Å². The maximum absolute atomic E-state index is 5.55. The Labute approximate surface area is 160 Å². The van der Waals surface area contributed by atoms with E-state index in [4.69, 9.17) is 9.47 Å². The summed E-state index contributed by atoms with van der Waals surface area (Å²) in [5, 5.41) is 3.80. The van der Waals surface area contributed by atoms with Crippen LogP contribution in [-0.4, -0.2) is 19.2 Å². The van der Waals surface area contributed by atoms with Crippen LogP contribution in [0.2, 0.25) is 0 Å². The number of aromatic nitrogens is 1. The summed E-state index contributed by atoms with van der Waals surface area (Å²) in [7, 11) is 3.37. The average Bonchev–Trinajstić information content (AvgIpc) is 2.74. The third-order valence-electron chi connectivity index (χ3n) is 5.17. The Morgan fingerprint density at radius 2 is 1.70 bits per heavy atom. The molecule has 0 saturated carbocycles. The predicted octanol–water partition coefficient (Wildman–Crippen LogP) is 4.27. The molecular weight excluding hydrogens is 336 g/mol. The first-order chi connectivity index (χ1) is 13.3. The Balaban J connectivity index is 1.74. The number of hydrogen-bond donors (Lipinski definition) is 1. The quantitative estimate of drug-likeness (QED) is 0.738. The molecule has 2 heterocycles. The summed E-state index contributed by atoms with van der Waals surface area (Å²) in [6.07, 6.45) is 3.64. The number of ether oxygens (including phenoxy) is 2. The van der Waals surface area contributed by atoms with E-state index in [1.54, 1.807) is 14.2 Å². The van der Waals surface area contributed by atoms with Crippen LogP contribution in [0.3, 0.4) is 0 Å². The topological polar surface area (TPSA) is 43.4 Å². The molecule has 27 heavy (non-hydrogen) atoms. The smallest absolute Gasteiger partial charge is 0.161 e. The van der Waals surface area contributed by atoms with Gasteiger partial charge in [-0.2, -0.15) is 0 Å². The Morgan fingerprint density at radius 3 is 2.41 bits per heavy atom. The van der Waals surface area contributed by atoms with Crippen molar-refractivity contribution in [3.8, 4) is 11.5 Å². The lowest BCUT2D eigenvalue weighted by Gasteiger charge is -2.34. The van der Waals surface area contributed by atoms with Crippen molar-refractivity contribution in [3.63, 3.8) is 0 Å². The minimum atomic E-state index is 0.172. The number of methoxy groups -OCH3 is 2. The van der Waals surface area contributed by atoms with Gasteiger partial charge in [-0.05, 0) is 53.8 Å². The van der Waals surface area contributed by atoms with Crippen molar-refractivity contribution in [3.05, 3.63) is 89.2 Å². The van der Waals surface area contributed by atoms with Crippen LogP contribution < -0.4 is 14.8 Å². The number of nitrogens with zero attached hydrogens (tertiary/aromatic N) is 1. The molecular formula is C23H24N2O2. The Bertz CT molecular complexity index is 897. The van der Waals surface area contributed by atoms with Gasteiger partial charge in [0.1, 0.15) is 0 Å². The van der Waals surface area contributed by atoms with Gasteiger partial charge in [0.25, 0.3) is 0 Å². The van der Waals surface area contributed by atoms with E-state index in [9.17, 15) is 0 Å². The van der Waals surface area contributed by atoms with E-state index in [2.05, 4.69) is 58.8 Å². The first-order valence-corrected chi connectivity index (χ1v) is 9.24. The van der Waals surface area contributed by atoms with Crippen LogP contribution in [0.1, 0.15) is 34.5 Å². The molecule has 138 valence electrons. The summed E-state index contributed by atoms with van der Waals surface area (Å²) in [6, 6.07) is 21.2. The summed E-state index contributed by atoms with van der Waals surface area (Å²) in [5.41, 5.74) is 4.92. The molecule has 0 unspecified atom stereocenters. The fourth-order valence-electron chi connectivity index (χ4n) is 3.84. The monoisotopic (exact) mass is 360 g/mol. The second kappa shape index (κ2) is 7.80. The molecule has 3 aromatic rings. The lowest BCUT2D eigenvalue weighted by atomic mass is 9.85. The summed E-state index contributed by atoms with van der Waals surface area (Å²) >= 11 is 0. The van der Waals surface area contributed by atoms with E-state index in [0.717, 1.165) is 30.0 Å². The minimum Gasteiger partial charge on any atom is -0.493 e.